The predicted molar refractivity (Wildman–Crippen MR) is 59.8 cm³/mol. The fraction of sp³-hybridized carbons (Fsp3) is 0.636. The Morgan fingerprint density at radius 1 is 0.842 bits per heavy atom. The lowest BCUT2D eigenvalue weighted by Crippen LogP contribution is -2.24. The normalized spacial score (nSPS) is 11.1. The molecule has 0 amide bonds. The van der Waals surface area contributed by atoms with Crippen LogP contribution in [-0.2, 0) is 38.1 Å². The zero-order chi connectivity index (χ0) is 14.8. The second-order valence-electron chi connectivity index (χ2n) is 3.49. The molecule has 0 heterocycles. The maximum atomic E-state index is 11.2. The zero-order valence-corrected chi connectivity index (χ0v) is 11.0. The first-order valence-electron chi connectivity index (χ1n) is 5.37. The monoisotopic (exact) mass is 276 g/mol. The van der Waals surface area contributed by atoms with E-state index in [2.05, 4.69) is 14.2 Å². The summed E-state index contributed by atoms with van der Waals surface area (Å²) >= 11 is 0. The minimum atomic E-state index is -0.789. The van der Waals surface area contributed by atoms with E-state index < -0.39 is 42.8 Å². The number of hydrogen-bond acceptors (Lipinski definition) is 8. The van der Waals surface area contributed by atoms with Gasteiger partial charge in [0, 0.05) is 0 Å². The van der Waals surface area contributed by atoms with Crippen LogP contribution >= 0.6 is 0 Å². The van der Waals surface area contributed by atoms with Crippen LogP contribution in [0.5, 0.6) is 0 Å². The van der Waals surface area contributed by atoms with Crippen molar-refractivity contribution in [3.8, 4) is 0 Å². The van der Waals surface area contributed by atoms with Crippen LogP contribution in [0.2, 0.25) is 0 Å². The summed E-state index contributed by atoms with van der Waals surface area (Å²) in [6, 6.07) is 0. The highest BCUT2D eigenvalue weighted by molar-refractivity contribution is 5.91. The molecule has 108 valence electrons. The summed E-state index contributed by atoms with van der Waals surface area (Å²) in [6.07, 6.45) is -1.77. The average Bonchev–Trinajstić information content (AvgIpc) is 2.35. The zero-order valence-electron chi connectivity index (χ0n) is 11.0. The van der Waals surface area contributed by atoms with Gasteiger partial charge in [0.05, 0.1) is 14.2 Å². The van der Waals surface area contributed by atoms with E-state index >= 15 is 0 Å². The SMILES string of the molecule is COC(=O)CC(=O)OCC(C)OC(=O)CC(=O)OC. The summed E-state index contributed by atoms with van der Waals surface area (Å²) in [5.74, 6) is -3.02. The molecule has 0 aliphatic rings. The summed E-state index contributed by atoms with van der Waals surface area (Å²) in [5.41, 5.74) is 0. The second-order valence-corrected chi connectivity index (χ2v) is 3.49. The van der Waals surface area contributed by atoms with Gasteiger partial charge in [-0.3, -0.25) is 19.2 Å². The van der Waals surface area contributed by atoms with Crippen molar-refractivity contribution in [3.63, 3.8) is 0 Å². The Bertz CT molecular complexity index is 349. The minimum absolute atomic E-state index is 0.220. The van der Waals surface area contributed by atoms with Crippen molar-refractivity contribution < 1.29 is 38.1 Å². The van der Waals surface area contributed by atoms with Crippen molar-refractivity contribution in [2.24, 2.45) is 0 Å². The Hall–Kier alpha value is -2.12. The van der Waals surface area contributed by atoms with Crippen LogP contribution in [0.1, 0.15) is 19.8 Å². The molecule has 0 aromatic rings. The van der Waals surface area contributed by atoms with Gasteiger partial charge in [0.25, 0.3) is 0 Å². The molecule has 0 aliphatic carbocycles. The van der Waals surface area contributed by atoms with Crippen molar-refractivity contribution in [1.82, 2.24) is 0 Å². The topological polar surface area (TPSA) is 105 Å². The molecule has 19 heavy (non-hydrogen) atoms. The van der Waals surface area contributed by atoms with Gasteiger partial charge in [0.15, 0.2) is 0 Å². The molecule has 0 fully saturated rings. The van der Waals surface area contributed by atoms with Gasteiger partial charge >= 0.3 is 23.9 Å². The molecule has 8 heteroatoms. The number of esters is 4. The highest BCUT2D eigenvalue weighted by atomic mass is 16.6. The molecule has 0 aliphatic heterocycles. The molecule has 8 nitrogen and oxygen atoms in total. The Morgan fingerprint density at radius 2 is 1.32 bits per heavy atom. The third-order valence-electron chi connectivity index (χ3n) is 1.84. The Morgan fingerprint density at radius 3 is 1.79 bits per heavy atom. The Labute approximate surface area is 109 Å². The molecule has 0 aromatic carbocycles. The quantitative estimate of drug-likeness (QED) is 0.351. The third kappa shape index (κ3) is 8.58. The van der Waals surface area contributed by atoms with Crippen molar-refractivity contribution in [2.75, 3.05) is 20.8 Å². The van der Waals surface area contributed by atoms with Crippen LogP contribution in [0, 0.1) is 0 Å². The van der Waals surface area contributed by atoms with Gasteiger partial charge in [-0.25, -0.2) is 0 Å². The first-order chi connectivity index (χ1) is 8.88. The van der Waals surface area contributed by atoms with Gasteiger partial charge in [-0.1, -0.05) is 0 Å². The summed E-state index contributed by atoms with van der Waals surface area (Å²) in [6.45, 7) is 1.25. The van der Waals surface area contributed by atoms with Gasteiger partial charge in [0.1, 0.15) is 25.6 Å². The fourth-order valence-electron chi connectivity index (χ4n) is 0.941. The van der Waals surface area contributed by atoms with Gasteiger partial charge in [-0.05, 0) is 6.92 Å². The second kappa shape index (κ2) is 8.90. The summed E-state index contributed by atoms with van der Waals surface area (Å²) < 4.78 is 18.0. The number of methoxy groups -OCH3 is 2. The number of hydrogen-bond donors (Lipinski definition) is 0. The molecular formula is C11H16O8. The molecule has 0 N–H and O–H groups in total. The maximum absolute atomic E-state index is 11.2. The summed E-state index contributed by atoms with van der Waals surface area (Å²) in [7, 11) is 2.29. The van der Waals surface area contributed by atoms with Crippen LogP contribution < -0.4 is 0 Å². The molecule has 0 spiro atoms. The van der Waals surface area contributed by atoms with Crippen molar-refractivity contribution in [1.29, 1.82) is 0 Å². The van der Waals surface area contributed by atoms with Crippen LogP contribution in [0.4, 0.5) is 0 Å². The van der Waals surface area contributed by atoms with Crippen LogP contribution in [-0.4, -0.2) is 50.8 Å². The van der Waals surface area contributed by atoms with E-state index in [1.54, 1.807) is 0 Å². The molecule has 0 saturated heterocycles. The van der Waals surface area contributed by atoms with E-state index in [0.29, 0.717) is 0 Å². The smallest absolute Gasteiger partial charge is 0.317 e. The van der Waals surface area contributed by atoms with Gasteiger partial charge in [0.2, 0.25) is 0 Å². The maximum Gasteiger partial charge on any atom is 0.317 e. The van der Waals surface area contributed by atoms with Crippen LogP contribution in [0.3, 0.4) is 0 Å². The lowest BCUT2D eigenvalue weighted by molar-refractivity contribution is -0.164. The molecule has 0 bridgehead atoms. The lowest BCUT2D eigenvalue weighted by Gasteiger charge is -2.12. The van der Waals surface area contributed by atoms with Crippen molar-refractivity contribution >= 4 is 23.9 Å². The van der Waals surface area contributed by atoms with E-state index in [9.17, 15) is 19.2 Å². The largest absolute Gasteiger partial charge is 0.469 e. The number of ether oxygens (including phenoxy) is 4. The first-order valence-corrected chi connectivity index (χ1v) is 5.37. The molecule has 1 unspecified atom stereocenters. The van der Waals surface area contributed by atoms with E-state index in [-0.39, 0.29) is 6.61 Å². The van der Waals surface area contributed by atoms with E-state index in [1.165, 1.54) is 6.92 Å². The van der Waals surface area contributed by atoms with E-state index in [0.717, 1.165) is 14.2 Å². The highest BCUT2D eigenvalue weighted by Gasteiger charge is 2.17. The minimum Gasteiger partial charge on any atom is -0.469 e. The fourth-order valence-corrected chi connectivity index (χ4v) is 0.941. The number of carbonyl (C=O) groups is 4. The number of rotatable bonds is 7. The van der Waals surface area contributed by atoms with Crippen LogP contribution in [0.15, 0.2) is 0 Å². The summed E-state index contributed by atoms with van der Waals surface area (Å²) in [5, 5.41) is 0. The summed E-state index contributed by atoms with van der Waals surface area (Å²) in [4.78, 5) is 43.7. The highest BCUT2D eigenvalue weighted by Crippen LogP contribution is 1.99. The molecule has 0 rings (SSSR count). The van der Waals surface area contributed by atoms with Crippen molar-refractivity contribution in [3.05, 3.63) is 0 Å². The van der Waals surface area contributed by atoms with E-state index in [4.69, 9.17) is 4.74 Å². The lowest BCUT2D eigenvalue weighted by atomic mass is 10.4. The van der Waals surface area contributed by atoms with Gasteiger partial charge in [-0.2, -0.15) is 0 Å². The third-order valence-corrected chi connectivity index (χ3v) is 1.84. The standard InChI is InChI=1S/C11H16O8/c1-7(19-11(15)5-9(13)17-3)6-18-10(14)4-8(12)16-2/h7H,4-6H2,1-3H3. The molecular weight excluding hydrogens is 260 g/mol. The molecule has 1 atom stereocenters. The molecule has 0 aromatic heterocycles. The van der Waals surface area contributed by atoms with Crippen LogP contribution in [0.25, 0.3) is 0 Å². The Balaban J connectivity index is 3.89. The van der Waals surface area contributed by atoms with E-state index in [1.807, 2.05) is 0 Å². The first kappa shape index (κ1) is 16.9. The molecule has 0 radical (unpaired) electrons. The Kier molecular flexibility index (Phi) is 7.90. The molecule has 0 saturated carbocycles. The van der Waals surface area contributed by atoms with Gasteiger partial charge in [-0.15, -0.1) is 0 Å². The average molecular weight is 276 g/mol. The van der Waals surface area contributed by atoms with Gasteiger partial charge < -0.3 is 18.9 Å². The van der Waals surface area contributed by atoms with Crippen molar-refractivity contribution in [2.45, 2.75) is 25.9 Å². The predicted octanol–water partition coefficient (Wildman–Crippen LogP) is -0.412. The number of carbonyl (C=O) groups excluding carboxylic acids is 4.